The van der Waals surface area contributed by atoms with Crippen molar-refractivity contribution in [2.24, 2.45) is 0 Å². The number of nitrogens with one attached hydrogen (secondary N) is 1. The van der Waals surface area contributed by atoms with Crippen molar-refractivity contribution in [1.82, 2.24) is 0 Å². The topological polar surface area (TPSA) is 58.6 Å². The predicted molar refractivity (Wildman–Crippen MR) is 108 cm³/mol. The van der Waals surface area contributed by atoms with Gasteiger partial charge in [-0.05, 0) is 68.8 Å². The van der Waals surface area contributed by atoms with E-state index >= 15 is 0 Å². The van der Waals surface area contributed by atoms with Gasteiger partial charge in [0.2, 0.25) is 0 Å². The fourth-order valence-corrected chi connectivity index (χ4v) is 3.55. The first-order valence-electron chi connectivity index (χ1n) is 8.92. The molecule has 0 aliphatic heterocycles. The molecule has 0 radical (unpaired) electrons. The Balaban J connectivity index is 2.06. The van der Waals surface area contributed by atoms with Gasteiger partial charge in [-0.2, -0.15) is 0 Å². The number of hydrogen-bond donors (Lipinski definition) is 1. The second-order valence-corrected chi connectivity index (χ2v) is 8.25. The minimum atomic E-state index is -3.62. The van der Waals surface area contributed by atoms with Gasteiger partial charge in [0.25, 0.3) is 10.0 Å². The van der Waals surface area contributed by atoms with E-state index < -0.39 is 10.0 Å². The monoisotopic (exact) mass is 376 g/mol. The second kappa shape index (κ2) is 8.94. The van der Waals surface area contributed by atoms with Crippen molar-refractivity contribution in [2.75, 3.05) is 23.2 Å². The molecule has 5 nitrogen and oxygen atoms in total. The average molecular weight is 377 g/mol. The zero-order valence-corrected chi connectivity index (χ0v) is 16.7. The molecular formula is C20H28N2O3S. The third-order valence-electron chi connectivity index (χ3n) is 3.91. The Morgan fingerprint density at radius 1 is 1.04 bits per heavy atom. The molecule has 26 heavy (non-hydrogen) atoms. The van der Waals surface area contributed by atoms with E-state index in [4.69, 9.17) is 4.74 Å². The van der Waals surface area contributed by atoms with Gasteiger partial charge >= 0.3 is 0 Å². The van der Waals surface area contributed by atoms with Crippen molar-refractivity contribution < 1.29 is 13.2 Å². The maximum atomic E-state index is 12.5. The zero-order valence-electron chi connectivity index (χ0n) is 15.9. The van der Waals surface area contributed by atoms with Crippen molar-refractivity contribution in [2.45, 2.75) is 44.6 Å². The van der Waals surface area contributed by atoms with Crippen LogP contribution in [0.2, 0.25) is 0 Å². The van der Waals surface area contributed by atoms with Gasteiger partial charge in [0.15, 0.2) is 0 Å². The van der Waals surface area contributed by atoms with Crippen LogP contribution in [0, 0.1) is 0 Å². The Morgan fingerprint density at radius 3 is 2.19 bits per heavy atom. The standard InChI is InChI=1S/C20H28N2O3S/c1-5-6-15-22(4)18-9-7-17(8-10-18)21-26(23,24)20-13-11-19(12-14-20)25-16(2)3/h7-14,16,21H,5-6,15H2,1-4H3. The van der Waals surface area contributed by atoms with E-state index in [1.54, 1.807) is 36.4 Å². The van der Waals surface area contributed by atoms with E-state index in [-0.39, 0.29) is 11.0 Å². The van der Waals surface area contributed by atoms with Crippen LogP contribution in [0.1, 0.15) is 33.6 Å². The maximum Gasteiger partial charge on any atom is 0.261 e. The molecule has 0 heterocycles. The van der Waals surface area contributed by atoms with Gasteiger partial charge in [0, 0.05) is 25.0 Å². The third-order valence-corrected chi connectivity index (χ3v) is 5.31. The van der Waals surface area contributed by atoms with Gasteiger partial charge in [0.1, 0.15) is 5.75 Å². The highest BCUT2D eigenvalue weighted by molar-refractivity contribution is 7.92. The van der Waals surface area contributed by atoms with Crippen molar-refractivity contribution in [1.29, 1.82) is 0 Å². The summed E-state index contributed by atoms with van der Waals surface area (Å²) in [5.74, 6) is 0.651. The molecule has 0 saturated heterocycles. The lowest BCUT2D eigenvalue weighted by molar-refractivity contribution is 0.242. The predicted octanol–water partition coefficient (Wildman–Crippen LogP) is 4.51. The van der Waals surface area contributed by atoms with E-state index in [2.05, 4.69) is 16.5 Å². The maximum absolute atomic E-state index is 12.5. The van der Waals surface area contributed by atoms with Crippen LogP contribution in [0.3, 0.4) is 0 Å². The summed E-state index contributed by atoms with van der Waals surface area (Å²) in [6.07, 6.45) is 2.31. The van der Waals surface area contributed by atoms with Gasteiger partial charge in [-0.15, -0.1) is 0 Å². The molecule has 6 heteroatoms. The summed E-state index contributed by atoms with van der Waals surface area (Å²) >= 11 is 0. The van der Waals surface area contributed by atoms with Gasteiger partial charge in [0.05, 0.1) is 11.0 Å². The molecule has 0 unspecified atom stereocenters. The quantitative estimate of drug-likeness (QED) is 0.699. The molecular weight excluding hydrogens is 348 g/mol. The summed E-state index contributed by atoms with van der Waals surface area (Å²) in [6, 6.07) is 13.8. The molecule has 2 aromatic carbocycles. The molecule has 0 amide bonds. The van der Waals surface area contributed by atoms with Crippen LogP contribution >= 0.6 is 0 Å². The molecule has 1 N–H and O–H groups in total. The highest BCUT2D eigenvalue weighted by Crippen LogP contribution is 2.22. The van der Waals surface area contributed by atoms with E-state index in [9.17, 15) is 8.42 Å². The first kappa shape index (κ1) is 20.1. The van der Waals surface area contributed by atoms with Crippen LogP contribution in [0.4, 0.5) is 11.4 Å². The van der Waals surface area contributed by atoms with Crippen molar-refractivity contribution in [3.05, 3.63) is 48.5 Å². The van der Waals surface area contributed by atoms with Crippen LogP contribution in [0.5, 0.6) is 5.75 Å². The van der Waals surface area contributed by atoms with Crippen LogP contribution in [-0.4, -0.2) is 28.1 Å². The van der Waals surface area contributed by atoms with E-state index in [1.807, 2.05) is 33.0 Å². The normalized spacial score (nSPS) is 11.4. The van der Waals surface area contributed by atoms with Crippen LogP contribution < -0.4 is 14.4 Å². The number of benzene rings is 2. The summed E-state index contributed by atoms with van der Waals surface area (Å²) in [5, 5.41) is 0. The summed E-state index contributed by atoms with van der Waals surface area (Å²) in [4.78, 5) is 2.37. The first-order chi connectivity index (χ1) is 12.3. The molecule has 142 valence electrons. The average Bonchev–Trinajstić information content (AvgIpc) is 2.60. The second-order valence-electron chi connectivity index (χ2n) is 6.57. The molecule has 0 aromatic heterocycles. The minimum Gasteiger partial charge on any atom is -0.491 e. The lowest BCUT2D eigenvalue weighted by Crippen LogP contribution is -2.18. The third kappa shape index (κ3) is 5.66. The molecule has 0 aliphatic carbocycles. The lowest BCUT2D eigenvalue weighted by atomic mass is 10.2. The highest BCUT2D eigenvalue weighted by Gasteiger charge is 2.14. The van der Waals surface area contributed by atoms with Gasteiger partial charge in [-0.3, -0.25) is 4.72 Å². The summed E-state index contributed by atoms with van der Waals surface area (Å²) in [7, 11) is -1.59. The highest BCUT2D eigenvalue weighted by atomic mass is 32.2. The zero-order chi connectivity index (χ0) is 19.2. The number of hydrogen-bond acceptors (Lipinski definition) is 4. The number of rotatable bonds is 9. The number of ether oxygens (including phenoxy) is 1. The fraction of sp³-hybridized carbons (Fsp3) is 0.400. The minimum absolute atomic E-state index is 0.0459. The summed E-state index contributed by atoms with van der Waals surface area (Å²) < 4.78 is 33.2. The van der Waals surface area contributed by atoms with Gasteiger partial charge in [-0.1, -0.05) is 13.3 Å². The molecule has 2 rings (SSSR count). The van der Waals surface area contributed by atoms with Crippen LogP contribution in [0.25, 0.3) is 0 Å². The van der Waals surface area contributed by atoms with E-state index in [0.717, 1.165) is 25.1 Å². The van der Waals surface area contributed by atoms with Crippen molar-refractivity contribution in [3.63, 3.8) is 0 Å². The molecule has 0 saturated carbocycles. The van der Waals surface area contributed by atoms with Crippen LogP contribution in [0.15, 0.2) is 53.4 Å². The smallest absolute Gasteiger partial charge is 0.261 e. The van der Waals surface area contributed by atoms with Crippen LogP contribution in [-0.2, 0) is 10.0 Å². The molecule has 0 fully saturated rings. The Bertz CT molecular complexity index is 785. The first-order valence-corrected chi connectivity index (χ1v) is 10.4. The SMILES string of the molecule is CCCCN(C)c1ccc(NS(=O)(=O)c2ccc(OC(C)C)cc2)cc1. The molecule has 0 bridgehead atoms. The Hall–Kier alpha value is -2.21. The van der Waals surface area contributed by atoms with Gasteiger partial charge in [-0.25, -0.2) is 8.42 Å². The van der Waals surface area contributed by atoms with E-state index in [0.29, 0.717) is 11.4 Å². The summed E-state index contributed by atoms with van der Waals surface area (Å²) in [5.41, 5.74) is 1.61. The van der Waals surface area contributed by atoms with E-state index in [1.165, 1.54) is 0 Å². The Kier molecular flexibility index (Phi) is 6.91. The Morgan fingerprint density at radius 2 is 1.65 bits per heavy atom. The number of sulfonamides is 1. The number of nitrogens with zero attached hydrogens (tertiary/aromatic N) is 1. The molecule has 0 spiro atoms. The summed E-state index contributed by atoms with van der Waals surface area (Å²) in [6.45, 7) is 6.99. The molecule has 2 aromatic rings. The fourth-order valence-electron chi connectivity index (χ4n) is 2.49. The largest absolute Gasteiger partial charge is 0.491 e. The molecule has 0 atom stereocenters. The Labute approximate surface area is 157 Å². The van der Waals surface area contributed by atoms with Gasteiger partial charge < -0.3 is 9.64 Å². The van der Waals surface area contributed by atoms with Crippen molar-refractivity contribution >= 4 is 21.4 Å². The lowest BCUT2D eigenvalue weighted by Gasteiger charge is -2.19. The number of anilines is 2. The molecule has 0 aliphatic rings. The number of unbranched alkanes of at least 4 members (excludes halogenated alkanes) is 1. The van der Waals surface area contributed by atoms with Crippen molar-refractivity contribution in [3.8, 4) is 5.75 Å².